The van der Waals surface area contributed by atoms with Crippen molar-refractivity contribution in [1.29, 1.82) is 0 Å². The van der Waals surface area contributed by atoms with Gasteiger partial charge in [0.25, 0.3) is 0 Å². The summed E-state index contributed by atoms with van der Waals surface area (Å²) in [4.78, 5) is 8.03. The van der Waals surface area contributed by atoms with Crippen LogP contribution in [0.1, 0.15) is 30.8 Å². The van der Waals surface area contributed by atoms with Crippen molar-refractivity contribution in [1.82, 2.24) is 14.5 Å². The molecule has 0 spiro atoms. The number of aryl methyl sites for hydroxylation is 1. The summed E-state index contributed by atoms with van der Waals surface area (Å²) in [7, 11) is 0. The van der Waals surface area contributed by atoms with Crippen molar-refractivity contribution < 1.29 is 4.39 Å². The average Bonchev–Trinajstić information content (AvgIpc) is 2.77. The van der Waals surface area contributed by atoms with Gasteiger partial charge in [-0.1, -0.05) is 6.92 Å². The van der Waals surface area contributed by atoms with Crippen LogP contribution in [0.4, 0.5) is 4.39 Å². The minimum absolute atomic E-state index is 0.383. The number of pyridine rings is 1. The van der Waals surface area contributed by atoms with Crippen LogP contribution in [0.15, 0.2) is 30.9 Å². The Morgan fingerprint density at radius 3 is 3.00 bits per heavy atom. The molecule has 5 heteroatoms. The van der Waals surface area contributed by atoms with Crippen LogP contribution in [0.3, 0.4) is 0 Å². The van der Waals surface area contributed by atoms with Crippen molar-refractivity contribution in [2.24, 2.45) is 5.73 Å². The van der Waals surface area contributed by atoms with Gasteiger partial charge in [-0.2, -0.15) is 0 Å². The van der Waals surface area contributed by atoms with Crippen LogP contribution in [0, 0.1) is 5.82 Å². The van der Waals surface area contributed by atoms with Gasteiger partial charge in [-0.25, -0.2) is 9.37 Å². The van der Waals surface area contributed by atoms with E-state index in [0.29, 0.717) is 5.56 Å². The van der Waals surface area contributed by atoms with Gasteiger partial charge in [-0.05, 0) is 18.1 Å². The summed E-state index contributed by atoms with van der Waals surface area (Å²) in [6.07, 6.45) is 7.31. The number of hydrogen-bond donors (Lipinski definition) is 1. The van der Waals surface area contributed by atoms with E-state index in [2.05, 4.69) is 16.9 Å². The SMILES string of the molecule is CCCn1ccnc1C(N)c1cncc(F)c1. The lowest BCUT2D eigenvalue weighted by atomic mass is 10.1. The molecule has 0 radical (unpaired) electrons. The van der Waals surface area contributed by atoms with Gasteiger partial charge in [0.2, 0.25) is 0 Å². The first-order valence-electron chi connectivity index (χ1n) is 5.59. The van der Waals surface area contributed by atoms with Gasteiger partial charge < -0.3 is 10.3 Å². The molecule has 0 aliphatic heterocycles. The molecule has 2 N–H and O–H groups in total. The molecule has 0 bridgehead atoms. The number of nitrogens with two attached hydrogens (primary N) is 1. The fourth-order valence-electron chi connectivity index (χ4n) is 1.78. The molecule has 0 aromatic carbocycles. The van der Waals surface area contributed by atoms with E-state index in [4.69, 9.17) is 5.73 Å². The van der Waals surface area contributed by atoms with Crippen LogP contribution in [0.2, 0.25) is 0 Å². The van der Waals surface area contributed by atoms with Gasteiger partial charge in [-0.15, -0.1) is 0 Å². The monoisotopic (exact) mass is 234 g/mol. The number of imidazole rings is 1. The Balaban J connectivity index is 2.30. The predicted molar refractivity (Wildman–Crippen MR) is 62.7 cm³/mol. The molecule has 2 heterocycles. The summed E-state index contributed by atoms with van der Waals surface area (Å²) in [6.45, 7) is 2.94. The Hall–Kier alpha value is -1.75. The molecule has 2 aromatic heterocycles. The van der Waals surface area contributed by atoms with E-state index in [1.807, 2.05) is 10.8 Å². The summed E-state index contributed by atoms with van der Waals surface area (Å²) >= 11 is 0. The molecular formula is C12H15FN4. The van der Waals surface area contributed by atoms with E-state index in [1.54, 1.807) is 12.4 Å². The highest BCUT2D eigenvalue weighted by Gasteiger charge is 2.15. The lowest BCUT2D eigenvalue weighted by Gasteiger charge is -2.13. The summed E-state index contributed by atoms with van der Waals surface area (Å²) < 4.78 is 15.1. The Bertz CT molecular complexity index is 495. The minimum atomic E-state index is -0.445. The first kappa shape index (κ1) is 11.7. The topological polar surface area (TPSA) is 56.7 Å². The Labute approximate surface area is 99.3 Å². The minimum Gasteiger partial charge on any atom is -0.333 e. The van der Waals surface area contributed by atoms with E-state index < -0.39 is 6.04 Å². The highest BCUT2D eigenvalue weighted by molar-refractivity contribution is 5.22. The van der Waals surface area contributed by atoms with Gasteiger partial charge in [-0.3, -0.25) is 4.98 Å². The van der Waals surface area contributed by atoms with Gasteiger partial charge in [0.15, 0.2) is 0 Å². The molecule has 0 fully saturated rings. The number of nitrogens with zero attached hydrogens (tertiary/aromatic N) is 3. The van der Waals surface area contributed by atoms with Crippen molar-refractivity contribution in [2.45, 2.75) is 25.9 Å². The molecule has 17 heavy (non-hydrogen) atoms. The van der Waals surface area contributed by atoms with Crippen LogP contribution in [-0.4, -0.2) is 14.5 Å². The normalized spacial score (nSPS) is 12.6. The summed E-state index contributed by atoms with van der Waals surface area (Å²) in [5.41, 5.74) is 6.70. The molecule has 0 saturated heterocycles. The lowest BCUT2D eigenvalue weighted by molar-refractivity contribution is 0.598. The number of aromatic nitrogens is 3. The fraction of sp³-hybridized carbons (Fsp3) is 0.333. The van der Waals surface area contributed by atoms with Gasteiger partial charge >= 0.3 is 0 Å². The second kappa shape index (κ2) is 5.05. The van der Waals surface area contributed by atoms with Gasteiger partial charge in [0.05, 0.1) is 12.2 Å². The van der Waals surface area contributed by atoms with Crippen LogP contribution >= 0.6 is 0 Å². The van der Waals surface area contributed by atoms with Crippen molar-refractivity contribution in [3.63, 3.8) is 0 Å². The number of halogens is 1. The van der Waals surface area contributed by atoms with E-state index in [-0.39, 0.29) is 5.82 Å². The summed E-state index contributed by atoms with van der Waals surface area (Å²) in [5.74, 6) is 0.353. The van der Waals surface area contributed by atoms with Crippen LogP contribution in [-0.2, 0) is 6.54 Å². The Morgan fingerprint density at radius 2 is 2.29 bits per heavy atom. The molecule has 1 atom stereocenters. The third kappa shape index (κ3) is 2.50. The zero-order chi connectivity index (χ0) is 12.3. The first-order valence-corrected chi connectivity index (χ1v) is 5.59. The zero-order valence-electron chi connectivity index (χ0n) is 9.68. The molecule has 0 amide bonds. The summed E-state index contributed by atoms with van der Waals surface area (Å²) in [6, 6.07) is 0.947. The highest BCUT2D eigenvalue weighted by Crippen LogP contribution is 2.18. The summed E-state index contributed by atoms with van der Waals surface area (Å²) in [5, 5.41) is 0. The number of hydrogen-bond acceptors (Lipinski definition) is 3. The fourth-order valence-corrected chi connectivity index (χ4v) is 1.78. The largest absolute Gasteiger partial charge is 0.333 e. The van der Waals surface area contributed by atoms with Crippen molar-refractivity contribution in [3.05, 3.63) is 48.1 Å². The molecule has 0 aliphatic carbocycles. The van der Waals surface area contributed by atoms with E-state index in [9.17, 15) is 4.39 Å². The molecule has 2 rings (SSSR count). The predicted octanol–water partition coefficient (Wildman–Crippen LogP) is 1.88. The third-order valence-corrected chi connectivity index (χ3v) is 2.58. The highest BCUT2D eigenvalue weighted by atomic mass is 19.1. The van der Waals surface area contributed by atoms with Crippen LogP contribution < -0.4 is 5.73 Å². The van der Waals surface area contributed by atoms with Crippen LogP contribution in [0.25, 0.3) is 0 Å². The first-order chi connectivity index (χ1) is 8.22. The Morgan fingerprint density at radius 1 is 1.47 bits per heavy atom. The second-order valence-corrected chi connectivity index (χ2v) is 3.89. The van der Waals surface area contributed by atoms with E-state index in [1.165, 1.54) is 6.07 Å². The van der Waals surface area contributed by atoms with Crippen molar-refractivity contribution >= 4 is 0 Å². The third-order valence-electron chi connectivity index (χ3n) is 2.58. The maximum Gasteiger partial charge on any atom is 0.141 e. The van der Waals surface area contributed by atoms with Gasteiger partial charge in [0.1, 0.15) is 11.6 Å². The van der Waals surface area contributed by atoms with Crippen molar-refractivity contribution in [2.75, 3.05) is 0 Å². The van der Waals surface area contributed by atoms with Crippen molar-refractivity contribution in [3.8, 4) is 0 Å². The molecule has 0 aliphatic rings. The quantitative estimate of drug-likeness (QED) is 0.878. The molecule has 1 unspecified atom stereocenters. The van der Waals surface area contributed by atoms with E-state index >= 15 is 0 Å². The molecule has 4 nitrogen and oxygen atoms in total. The number of rotatable bonds is 4. The second-order valence-electron chi connectivity index (χ2n) is 3.89. The maximum atomic E-state index is 13.1. The standard InChI is InChI=1S/C12H15FN4/c1-2-4-17-5-3-16-12(17)11(14)9-6-10(13)8-15-7-9/h3,5-8,11H,2,4,14H2,1H3. The lowest BCUT2D eigenvalue weighted by Crippen LogP contribution is -2.18. The molecule has 2 aromatic rings. The molecule has 90 valence electrons. The maximum absolute atomic E-state index is 13.1. The van der Waals surface area contributed by atoms with E-state index in [0.717, 1.165) is 25.0 Å². The Kier molecular flexibility index (Phi) is 3.49. The van der Waals surface area contributed by atoms with Gasteiger partial charge in [0, 0.05) is 25.1 Å². The van der Waals surface area contributed by atoms with Crippen LogP contribution in [0.5, 0.6) is 0 Å². The molecule has 0 saturated carbocycles. The molecular weight excluding hydrogens is 219 g/mol. The average molecular weight is 234 g/mol. The smallest absolute Gasteiger partial charge is 0.141 e. The zero-order valence-corrected chi connectivity index (χ0v) is 9.68.